The van der Waals surface area contributed by atoms with Crippen LogP contribution in [0.1, 0.15) is 30.1 Å². The number of aliphatic carboxylic acids is 1. The molecule has 1 amide bonds. The molecule has 9 heteroatoms. The lowest BCUT2D eigenvalue weighted by Gasteiger charge is -2.12. The third-order valence-corrected chi connectivity index (χ3v) is 2.52. The molecule has 0 fully saturated rings. The maximum absolute atomic E-state index is 11.8. The highest BCUT2D eigenvalue weighted by atomic mass is 16.6. The van der Waals surface area contributed by atoms with Crippen LogP contribution >= 0.6 is 0 Å². The van der Waals surface area contributed by atoms with Crippen molar-refractivity contribution in [3.8, 4) is 0 Å². The highest BCUT2D eigenvalue weighted by molar-refractivity contribution is 5.96. The van der Waals surface area contributed by atoms with Gasteiger partial charge in [0.05, 0.1) is 11.1 Å². The molecule has 1 atom stereocenters. The molecule has 9 nitrogen and oxygen atoms in total. The molecule has 0 saturated heterocycles. The van der Waals surface area contributed by atoms with Gasteiger partial charge in [0.1, 0.15) is 11.6 Å². The standard InChI is InChI=1S/C11H13N3O6/c1-2-3-8(11(17)18)13-10(16)7-4-6(14(19)20)5-12-9(7)15/h4-5,8H,2-3H2,1H3,(H,12,15)(H,13,16)(H,17,18)/t8-/m1/s1. The molecule has 1 rings (SSSR count). The Labute approximate surface area is 112 Å². The maximum Gasteiger partial charge on any atom is 0.326 e. The normalized spacial score (nSPS) is 11.7. The summed E-state index contributed by atoms with van der Waals surface area (Å²) in [6, 6.07) is -0.342. The highest BCUT2D eigenvalue weighted by Crippen LogP contribution is 2.08. The summed E-state index contributed by atoms with van der Waals surface area (Å²) in [4.78, 5) is 46.0. The highest BCUT2D eigenvalue weighted by Gasteiger charge is 2.22. The number of aromatic nitrogens is 1. The van der Waals surface area contributed by atoms with Crippen LogP contribution in [0.15, 0.2) is 17.1 Å². The smallest absolute Gasteiger partial charge is 0.326 e. The first-order valence-electron chi connectivity index (χ1n) is 5.77. The number of nitrogens with zero attached hydrogens (tertiary/aromatic N) is 1. The predicted octanol–water partition coefficient (Wildman–Crippen LogP) is 0.266. The molecular weight excluding hydrogens is 270 g/mol. The van der Waals surface area contributed by atoms with Crippen LogP contribution in [-0.2, 0) is 4.79 Å². The van der Waals surface area contributed by atoms with E-state index in [1.165, 1.54) is 0 Å². The van der Waals surface area contributed by atoms with Gasteiger partial charge in [0.15, 0.2) is 0 Å². The van der Waals surface area contributed by atoms with E-state index in [0.717, 1.165) is 12.3 Å². The number of pyridine rings is 1. The SMILES string of the molecule is CCC[C@@H](NC(=O)c1cc([N+](=O)[O-])c[nH]c1=O)C(=O)O. The van der Waals surface area contributed by atoms with Crippen molar-refractivity contribution in [1.82, 2.24) is 10.3 Å². The number of hydrogen-bond acceptors (Lipinski definition) is 5. The number of hydrogen-bond donors (Lipinski definition) is 3. The van der Waals surface area contributed by atoms with Gasteiger partial charge in [0.25, 0.3) is 17.2 Å². The third kappa shape index (κ3) is 3.64. The Morgan fingerprint density at radius 1 is 1.55 bits per heavy atom. The average molecular weight is 283 g/mol. The van der Waals surface area contributed by atoms with Crippen LogP contribution in [0.25, 0.3) is 0 Å². The summed E-state index contributed by atoms with van der Waals surface area (Å²) < 4.78 is 0. The minimum atomic E-state index is -1.23. The topological polar surface area (TPSA) is 142 Å². The second-order valence-electron chi connectivity index (χ2n) is 4.01. The fraction of sp³-hybridized carbons (Fsp3) is 0.364. The van der Waals surface area contributed by atoms with Gasteiger partial charge in [-0.2, -0.15) is 0 Å². The molecule has 1 aromatic heterocycles. The number of carbonyl (C=O) groups excluding carboxylic acids is 1. The molecule has 0 aromatic carbocycles. The summed E-state index contributed by atoms with van der Waals surface area (Å²) in [5.41, 5.74) is -1.78. The van der Waals surface area contributed by atoms with Gasteiger partial charge in [-0.1, -0.05) is 13.3 Å². The number of H-pyrrole nitrogens is 1. The zero-order valence-electron chi connectivity index (χ0n) is 10.6. The summed E-state index contributed by atoms with van der Waals surface area (Å²) in [6.07, 6.45) is 1.57. The second-order valence-corrected chi connectivity index (χ2v) is 4.01. The van der Waals surface area contributed by atoms with E-state index < -0.39 is 39.7 Å². The monoisotopic (exact) mass is 283 g/mol. The molecule has 0 spiro atoms. The summed E-state index contributed by atoms with van der Waals surface area (Å²) in [5, 5.41) is 21.6. The number of nitrogens with one attached hydrogen (secondary N) is 2. The third-order valence-electron chi connectivity index (χ3n) is 2.52. The molecule has 1 heterocycles. The first kappa shape index (κ1) is 15.3. The number of rotatable bonds is 6. The summed E-state index contributed by atoms with van der Waals surface area (Å²) >= 11 is 0. The number of amides is 1. The van der Waals surface area contributed by atoms with Crippen LogP contribution in [0.3, 0.4) is 0 Å². The number of carboxylic acids is 1. The van der Waals surface area contributed by atoms with Crippen LogP contribution in [0.5, 0.6) is 0 Å². The van der Waals surface area contributed by atoms with E-state index >= 15 is 0 Å². The van der Waals surface area contributed by atoms with Crippen molar-refractivity contribution in [2.75, 3.05) is 0 Å². The Kier molecular flexibility index (Phi) is 4.95. The van der Waals surface area contributed by atoms with Crippen molar-refractivity contribution in [1.29, 1.82) is 0 Å². The number of nitro groups is 1. The zero-order chi connectivity index (χ0) is 15.3. The minimum Gasteiger partial charge on any atom is -0.480 e. The van der Waals surface area contributed by atoms with Crippen molar-refractivity contribution in [3.63, 3.8) is 0 Å². The van der Waals surface area contributed by atoms with E-state index in [4.69, 9.17) is 5.11 Å². The lowest BCUT2D eigenvalue weighted by molar-refractivity contribution is -0.385. The Balaban J connectivity index is 3.02. The van der Waals surface area contributed by atoms with Gasteiger partial charge in [-0.3, -0.25) is 19.7 Å². The van der Waals surface area contributed by atoms with Gasteiger partial charge in [-0.15, -0.1) is 0 Å². The Morgan fingerprint density at radius 2 is 2.20 bits per heavy atom. The average Bonchev–Trinajstić information content (AvgIpc) is 2.38. The van der Waals surface area contributed by atoms with Gasteiger partial charge < -0.3 is 15.4 Å². The molecule has 0 aliphatic heterocycles. The van der Waals surface area contributed by atoms with Gasteiger partial charge >= 0.3 is 5.97 Å². The summed E-state index contributed by atoms with van der Waals surface area (Å²) in [6.45, 7) is 1.74. The summed E-state index contributed by atoms with van der Waals surface area (Å²) in [7, 11) is 0. The van der Waals surface area contributed by atoms with Crippen molar-refractivity contribution in [3.05, 3.63) is 38.3 Å². The molecule has 1 aromatic rings. The number of carboxylic acid groups (broad SMARTS) is 1. The quantitative estimate of drug-likeness (QED) is 0.505. The Morgan fingerprint density at radius 3 is 2.70 bits per heavy atom. The van der Waals surface area contributed by atoms with Crippen LogP contribution < -0.4 is 10.9 Å². The number of carbonyl (C=O) groups is 2. The first-order chi connectivity index (χ1) is 9.36. The largest absolute Gasteiger partial charge is 0.480 e. The molecule has 0 saturated carbocycles. The molecular formula is C11H13N3O6. The fourth-order valence-electron chi connectivity index (χ4n) is 1.53. The molecule has 3 N–H and O–H groups in total. The second kappa shape index (κ2) is 6.45. The molecule has 0 radical (unpaired) electrons. The van der Waals surface area contributed by atoms with E-state index in [0.29, 0.717) is 6.42 Å². The van der Waals surface area contributed by atoms with Gasteiger partial charge in [0, 0.05) is 6.07 Å². The Hall–Kier alpha value is -2.71. The van der Waals surface area contributed by atoms with E-state index in [1.54, 1.807) is 6.92 Å². The molecule has 108 valence electrons. The van der Waals surface area contributed by atoms with Crippen molar-refractivity contribution < 1.29 is 19.6 Å². The molecule has 0 aliphatic carbocycles. The lowest BCUT2D eigenvalue weighted by atomic mass is 10.1. The van der Waals surface area contributed by atoms with Crippen molar-refractivity contribution in [2.45, 2.75) is 25.8 Å². The van der Waals surface area contributed by atoms with Gasteiger partial charge in [0.2, 0.25) is 0 Å². The van der Waals surface area contributed by atoms with E-state index in [1.807, 2.05) is 0 Å². The fourth-order valence-corrected chi connectivity index (χ4v) is 1.53. The molecule has 0 unspecified atom stereocenters. The van der Waals surface area contributed by atoms with E-state index in [-0.39, 0.29) is 6.42 Å². The minimum absolute atomic E-state index is 0.188. The first-order valence-corrected chi connectivity index (χ1v) is 5.77. The zero-order valence-corrected chi connectivity index (χ0v) is 10.6. The van der Waals surface area contributed by atoms with E-state index in [2.05, 4.69) is 10.3 Å². The maximum atomic E-state index is 11.8. The van der Waals surface area contributed by atoms with Crippen LogP contribution in [0.4, 0.5) is 5.69 Å². The molecule has 0 aliphatic rings. The van der Waals surface area contributed by atoms with Crippen LogP contribution in [0, 0.1) is 10.1 Å². The van der Waals surface area contributed by atoms with E-state index in [9.17, 15) is 24.5 Å². The number of aromatic amines is 1. The van der Waals surface area contributed by atoms with Crippen LogP contribution in [0.2, 0.25) is 0 Å². The summed E-state index contributed by atoms with van der Waals surface area (Å²) in [5.74, 6) is -2.20. The molecule has 20 heavy (non-hydrogen) atoms. The van der Waals surface area contributed by atoms with Gasteiger partial charge in [-0.05, 0) is 6.42 Å². The van der Waals surface area contributed by atoms with Gasteiger partial charge in [-0.25, -0.2) is 4.79 Å². The Bertz CT molecular complexity index is 594. The lowest BCUT2D eigenvalue weighted by Crippen LogP contribution is -2.42. The molecule has 0 bridgehead atoms. The van der Waals surface area contributed by atoms with Crippen molar-refractivity contribution >= 4 is 17.6 Å². The predicted molar refractivity (Wildman–Crippen MR) is 67.5 cm³/mol. The van der Waals surface area contributed by atoms with Crippen molar-refractivity contribution in [2.24, 2.45) is 0 Å². The van der Waals surface area contributed by atoms with Crippen LogP contribution in [-0.4, -0.2) is 32.9 Å².